The van der Waals surface area contributed by atoms with Gasteiger partial charge in [-0.2, -0.15) is 0 Å². The predicted molar refractivity (Wildman–Crippen MR) is 93.3 cm³/mol. The van der Waals surface area contributed by atoms with Crippen LogP contribution in [-0.4, -0.2) is 24.1 Å². The molecular formula is C15H15BrINO2. The Bertz CT molecular complexity index is 641. The number of fused-ring (bicyclic) bond motifs is 1. The van der Waals surface area contributed by atoms with Gasteiger partial charge in [0.1, 0.15) is 0 Å². The van der Waals surface area contributed by atoms with Crippen LogP contribution in [0.15, 0.2) is 34.8 Å². The number of carbonyl (C=O) groups excluding carboxylic acids is 1. The molecule has 2 aromatic carbocycles. The topological polar surface area (TPSA) is 29.5 Å². The van der Waals surface area contributed by atoms with Crippen molar-refractivity contribution in [1.29, 1.82) is 0 Å². The maximum atomic E-state index is 12.1. The quantitative estimate of drug-likeness (QED) is 0.616. The first kappa shape index (κ1) is 15.6. The van der Waals surface area contributed by atoms with Crippen LogP contribution in [-0.2, 0) is 0 Å². The summed E-state index contributed by atoms with van der Waals surface area (Å²) >= 11 is 5.74. The highest BCUT2D eigenvalue weighted by Crippen LogP contribution is 2.37. The van der Waals surface area contributed by atoms with E-state index in [0.717, 1.165) is 18.8 Å². The lowest BCUT2D eigenvalue weighted by molar-refractivity contribution is 0.156. The van der Waals surface area contributed by atoms with E-state index in [9.17, 15) is 4.79 Å². The van der Waals surface area contributed by atoms with Gasteiger partial charge < -0.3 is 9.64 Å². The van der Waals surface area contributed by atoms with E-state index >= 15 is 0 Å². The second kappa shape index (κ2) is 6.76. The highest BCUT2D eigenvalue weighted by atomic mass is 127. The van der Waals surface area contributed by atoms with E-state index < -0.39 is 0 Å². The van der Waals surface area contributed by atoms with E-state index in [0.29, 0.717) is 18.8 Å². The molecule has 0 aliphatic heterocycles. The molecule has 106 valence electrons. The SMILES string of the molecule is CCN(CC)C(=O)Oc1c(I)cc2ccccc2c1Br. The third-order valence-electron chi connectivity index (χ3n) is 3.11. The van der Waals surface area contributed by atoms with Crippen LogP contribution in [0.25, 0.3) is 10.8 Å². The van der Waals surface area contributed by atoms with E-state index in [-0.39, 0.29) is 6.09 Å². The first-order valence-corrected chi connectivity index (χ1v) is 8.29. The summed E-state index contributed by atoms with van der Waals surface area (Å²) in [6.07, 6.45) is -0.316. The molecule has 0 N–H and O–H groups in total. The zero-order chi connectivity index (χ0) is 14.7. The van der Waals surface area contributed by atoms with Crippen molar-refractivity contribution < 1.29 is 9.53 Å². The number of hydrogen-bond donors (Lipinski definition) is 0. The largest absolute Gasteiger partial charge is 0.415 e. The van der Waals surface area contributed by atoms with E-state index in [1.165, 1.54) is 0 Å². The summed E-state index contributed by atoms with van der Waals surface area (Å²) in [5.41, 5.74) is 0. The number of carbonyl (C=O) groups is 1. The van der Waals surface area contributed by atoms with Crippen molar-refractivity contribution >= 4 is 55.4 Å². The third-order valence-corrected chi connectivity index (χ3v) is 4.70. The molecule has 0 atom stereocenters. The maximum Gasteiger partial charge on any atom is 0.415 e. The Kier molecular flexibility index (Phi) is 5.26. The van der Waals surface area contributed by atoms with Gasteiger partial charge in [0.05, 0.1) is 8.04 Å². The highest BCUT2D eigenvalue weighted by Gasteiger charge is 2.18. The molecule has 0 fully saturated rings. The Labute approximate surface area is 140 Å². The summed E-state index contributed by atoms with van der Waals surface area (Å²) in [7, 11) is 0. The molecule has 0 aliphatic carbocycles. The van der Waals surface area contributed by atoms with Crippen molar-refractivity contribution in [3.05, 3.63) is 38.4 Å². The lowest BCUT2D eigenvalue weighted by Crippen LogP contribution is -2.33. The summed E-state index contributed by atoms with van der Waals surface area (Å²) in [4.78, 5) is 13.7. The van der Waals surface area contributed by atoms with Crippen LogP contribution in [0.5, 0.6) is 5.75 Å². The van der Waals surface area contributed by atoms with Crippen LogP contribution >= 0.6 is 38.5 Å². The number of nitrogens with zero attached hydrogens (tertiary/aromatic N) is 1. The van der Waals surface area contributed by atoms with Crippen molar-refractivity contribution in [2.75, 3.05) is 13.1 Å². The summed E-state index contributed by atoms with van der Waals surface area (Å²) < 4.78 is 7.29. The second-order valence-electron chi connectivity index (χ2n) is 4.26. The van der Waals surface area contributed by atoms with Gasteiger partial charge in [0, 0.05) is 13.1 Å². The van der Waals surface area contributed by atoms with Crippen molar-refractivity contribution in [2.45, 2.75) is 13.8 Å². The molecule has 3 nitrogen and oxygen atoms in total. The number of hydrogen-bond acceptors (Lipinski definition) is 2. The molecule has 0 unspecified atom stereocenters. The van der Waals surface area contributed by atoms with Crippen LogP contribution < -0.4 is 4.74 Å². The van der Waals surface area contributed by atoms with E-state index in [4.69, 9.17) is 4.74 Å². The van der Waals surface area contributed by atoms with Crippen molar-refractivity contribution in [2.24, 2.45) is 0 Å². The molecule has 0 saturated carbocycles. The molecular weight excluding hydrogens is 433 g/mol. The monoisotopic (exact) mass is 447 g/mol. The van der Waals surface area contributed by atoms with Crippen molar-refractivity contribution in [3.63, 3.8) is 0 Å². The van der Waals surface area contributed by atoms with Gasteiger partial charge in [0.2, 0.25) is 0 Å². The van der Waals surface area contributed by atoms with E-state index in [2.05, 4.69) is 38.5 Å². The van der Waals surface area contributed by atoms with Gasteiger partial charge in [-0.3, -0.25) is 0 Å². The molecule has 0 aromatic heterocycles. The van der Waals surface area contributed by atoms with Crippen molar-refractivity contribution in [1.82, 2.24) is 4.90 Å². The van der Waals surface area contributed by atoms with Crippen LogP contribution in [0.1, 0.15) is 13.8 Å². The number of ether oxygens (including phenoxy) is 1. The number of benzene rings is 2. The Hall–Kier alpha value is -0.820. The molecule has 0 radical (unpaired) electrons. The number of halogens is 2. The Balaban J connectivity index is 2.42. The summed E-state index contributed by atoms with van der Waals surface area (Å²) in [6.45, 7) is 5.14. The van der Waals surface area contributed by atoms with Gasteiger partial charge in [-0.15, -0.1) is 0 Å². The zero-order valence-electron chi connectivity index (χ0n) is 11.3. The van der Waals surface area contributed by atoms with Crippen LogP contribution in [0.3, 0.4) is 0 Å². The van der Waals surface area contributed by atoms with E-state index in [1.807, 2.05) is 44.2 Å². The smallest absolute Gasteiger partial charge is 0.408 e. The average molecular weight is 448 g/mol. The average Bonchev–Trinajstić information content (AvgIpc) is 2.45. The number of amides is 1. The first-order chi connectivity index (χ1) is 9.58. The Morgan fingerprint density at radius 3 is 2.60 bits per heavy atom. The molecule has 1 amide bonds. The fraction of sp³-hybridized carbons (Fsp3) is 0.267. The van der Waals surface area contributed by atoms with Crippen LogP contribution in [0.4, 0.5) is 4.79 Å². The Morgan fingerprint density at radius 1 is 1.30 bits per heavy atom. The van der Waals surface area contributed by atoms with Crippen LogP contribution in [0, 0.1) is 3.57 Å². The lowest BCUT2D eigenvalue weighted by Gasteiger charge is -2.19. The zero-order valence-corrected chi connectivity index (χ0v) is 15.1. The summed E-state index contributed by atoms with van der Waals surface area (Å²) in [5.74, 6) is 0.584. The van der Waals surface area contributed by atoms with Gasteiger partial charge >= 0.3 is 6.09 Å². The molecule has 5 heteroatoms. The van der Waals surface area contributed by atoms with Gasteiger partial charge in [0.15, 0.2) is 5.75 Å². The molecule has 0 bridgehead atoms. The minimum atomic E-state index is -0.316. The van der Waals surface area contributed by atoms with Gasteiger partial charge in [-0.05, 0) is 69.2 Å². The predicted octanol–water partition coefficient (Wildman–Crippen LogP) is 5.05. The van der Waals surface area contributed by atoms with Gasteiger partial charge in [-0.25, -0.2) is 4.79 Å². The van der Waals surface area contributed by atoms with Gasteiger partial charge in [-0.1, -0.05) is 24.3 Å². The Morgan fingerprint density at radius 2 is 1.95 bits per heavy atom. The summed E-state index contributed by atoms with van der Waals surface area (Å²) in [6, 6.07) is 10.0. The molecule has 0 aliphatic rings. The standard InChI is InChI=1S/C15H15BrINO2/c1-3-18(4-2)15(19)20-14-12(17)9-10-7-5-6-8-11(10)13(14)16/h5-9H,3-4H2,1-2H3. The molecule has 2 rings (SSSR count). The highest BCUT2D eigenvalue weighted by molar-refractivity contribution is 14.1. The van der Waals surface area contributed by atoms with Crippen molar-refractivity contribution in [3.8, 4) is 5.75 Å². The summed E-state index contributed by atoms with van der Waals surface area (Å²) in [5, 5.41) is 2.15. The van der Waals surface area contributed by atoms with Crippen LogP contribution in [0.2, 0.25) is 0 Å². The fourth-order valence-electron chi connectivity index (χ4n) is 1.98. The molecule has 2 aromatic rings. The maximum absolute atomic E-state index is 12.1. The fourth-order valence-corrected chi connectivity index (χ4v) is 3.72. The van der Waals surface area contributed by atoms with Gasteiger partial charge in [0.25, 0.3) is 0 Å². The second-order valence-corrected chi connectivity index (χ2v) is 6.22. The first-order valence-electron chi connectivity index (χ1n) is 6.42. The number of rotatable bonds is 3. The normalized spacial score (nSPS) is 10.6. The minimum absolute atomic E-state index is 0.316. The molecule has 0 heterocycles. The minimum Gasteiger partial charge on any atom is -0.408 e. The molecule has 0 saturated heterocycles. The lowest BCUT2D eigenvalue weighted by atomic mass is 10.1. The third kappa shape index (κ3) is 3.09. The molecule has 20 heavy (non-hydrogen) atoms. The molecule has 0 spiro atoms. The van der Waals surface area contributed by atoms with E-state index in [1.54, 1.807) is 4.90 Å².